The van der Waals surface area contributed by atoms with Crippen LogP contribution in [0.4, 0.5) is 5.69 Å². The van der Waals surface area contributed by atoms with Crippen molar-refractivity contribution in [2.45, 2.75) is 4.90 Å². The van der Waals surface area contributed by atoms with Crippen molar-refractivity contribution in [2.24, 2.45) is 0 Å². The van der Waals surface area contributed by atoms with E-state index in [0.29, 0.717) is 5.69 Å². The summed E-state index contributed by atoms with van der Waals surface area (Å²) in [4.78, 5) is 21.9. The highest BCUT2D eigenvalue weighted by Gasteiger charge is 2.03. The first kappa shape index (κ1) is 15.2. The number of nitrogens with one attached hydrogen (secondary N) is 1. The van der Waals surface area contributed by atoms with Gasteiger partial charge in [0.2, 0.25) is 5.91 Å². The Kier molecular flexibility index (Phi) is 4.68. The maximum atomic E-state index is 12.1. The lowest BCUT2D eigenvalue weighted by atomic mass is 10.3. The van der Waals surface area contributed by atoms with E-state index in [4.69, 9.17) is 0 Å². The fourth-order valence-electron chi connectivity index (χ4n) is 2.14. The van der Waals surface area contributed by atoms with Crippen LogP contribution in [0.1, 0.15) is 5.69 Å². The normalized spacial score (nSPS) is 11.0. The van der Waals surface area contributed by atoms with Crippen LogP contribution in [0.5, 0.6) is 0 Å². The Morgan fingerprint density at radius 1 is 1.09 bits per heavy atom. The third-order valence-electron chi connectivity index (χ3n) is 3.24. The largest absolute Gasteiger partial charge is 0.321 e. The van der Waals surface area contributed by atoms with Crippen LogP contribution in [-0.4, -0.2) is 22.1 Å². The van der Waals surface area contributed by atoms with E-state index in [1.54, 1.807) is 24.0 Å². The van der Waals surface area contributed by atoms with Gasteiger partial charge in [0.1, 0.15) is 0 Å². The Morgan fingerprint density at radius 2 is 1.83 bits per heavy atom. The zero-order valence-electron chi connectivity index (χ0n) is 12.6. The molecule has 0 spiro atoms. The maximum absolute atomic E-state index is 12.1. The number of anilines is 1. The fraction of sp³-hybridized carbons (Fsp3) is 0.0556. The van der Waals surface area contributed by atoms with Crippen LogP contribution in [0.25, 0.3) is 17.1 Å². The summed E-state index contributed by atoms with van der Waals surface area (Å²) in [6.45, 7) is 0. The summed E-state index contributed by atoms with van der Waals surface area (Å²) >= 11 is 1.59. The van der Waals surface area contributed by atoms with Gasteiger partial charge in [-0.15, -0.1) is 11.8 Å². The van der Waals surface area contributed by atoms with Crippen molar-refractivity contribution >= 4 is 40.5 Å². The molecule has 2 aromatic carbocycles. The van der Waals surface area contributed by atoms with Crippen molar-refractivity contribution in [2.75, 3.05) is 11.6 Å². The molecule has 1 heterocycles. The fourth-order valence-corrected chi connectivity index (χ4v) is 2.69. The van der Waals surface area contributed by atoms with Crippen LogP contribution in [0.15, 0.2) is 65.7 Å². The van der Waals surface area contributed by atoms with Crippen LogP contribution in [0.2, 0.25) is 0 Å². The van der Waals surface area contributed by atoms with Crippen molar-refractivity contribution in [3.8, 4) is 0 Å². The Morgan fingerprint density at radius 3 is 2.65 bits per heavy atom. The summed E-state index contributed by atoms with van der Waals surface area (Å²) in [6, 6.07) is 15.3. The molecule has 1 N–H and O–H groups in total. The molecule has 0 aliphatic rings. The van der Waals surface area contributed by atoms with E-state index in [0.717, 1.165) is 21.6 Å². The lowest BCUT2D eigenvalue weighted by Gasteiger charge is -2.06. The van der Waals surface area contributed by atoms with Gasteiger partial charge in [0.25, 0.3) is 0 Å². The van der Waals surface area contributed by atoms with Gasteiger partial charge >= 0.3 is 0 Å². The predicted octanol–water partition coefficient (Wildman–Crippen LogP) is 4.00. The topological polar surface area (TPSA) is 54.9 Å². The van der Waals surface area contributed by atoms with Gasteiger partial charge in [0, 0.05) is 11.0 Å². The van der Waals surface area contributed by atoms with E-state index in [1.807, 2.05) is 54.8 Å². The van der Waals surface area contributed by atoms with Gasteiger partial charge in [-0.3, -0.25) is 9.78 Å². The van der Waals surface area contributed by atoms with Gasteiger partial charge < -0.3 is 5.32 Å². The first-order chi connectivity index (χ1) is 11.3. The van der Waals surface area contributed by atoms with E-state index < -0.39 is 0 Å². The molecule has 0 aliphatic heterocycles. The average molecular weight is 321 g/mol. The molecule has 0 unspecified atom stereocenters. The molecule has 1 amide bonds. The number of para-hydroxylation sites is 3. The number of fused-ring (bicyclic) bond motifs is 1. The molecule has 23 heavy (non-hydrogen) atoms. The summed E-state index contributed by atoms with van der Waals surface area (Å²) in [5.41, 5.74) is 3.10. The molecule has 0 aliphatic carbocycles. The van der Waals surface area contributed by atoms with E-state index in [-0.39, 0.29) is 5.91 Å². The lowest BCUT2D eigenvalue weighted by molar-refractivity contribution is -0.111. The minimum Gasteiger partial charge on any atom is -0.321 e. The molecule has 1 aromatic heterocycles. The Bertz CT molecular complexity index is 877. The number of nitrogens with zero attached hydrogens (tertiary/aromatic N) is 2. The number of rotatable bonds is 4. The first-order valence-corrected chi connectivity index (χ1v) is 8.32. The third kappa shape index (κ3) is 3.76. The second-order valence-electron chi connectivity index (χ2n) is 4.81. The minimum atomic E-state index is -0.193. The number of carbonyl (C=O) groups is 1. The van der Waals surface area contributed by atoms with Gasteiger partial charge in [-0.25, -0.2) is 4.98 Å². The molecule has 0 saturated heterocycles. The Hall–Kier alpha value is -2.66. The first-order valence-electron chi connectivity index (χ1n) is 7.10. The maximum Gasteiger partial charge on any atom is 0.248 e. The zero-order chi connectivity index (χ0) is 16.1. The molecular weight excluding hydrogens is 306 g/mol. The molecule has 0 atom stereocenters. The molecule has 4 nitrogen and oxygen atoms in total. The molecule has 5 heteroatoms. The van der Waals surface area contributed by atoms with Gasteiger partial charge in [0.05, 0.1) is 28.6 Å². The quantitative estimate of drug-likeness (QED) is 0.583. The highest BCUT2D eigenvalue weighted by Crippen LogP contribution is 2.24. The number of carbonyl (C=O) groups excluding carboxylic acids is 1. The SMILES string of the molecule is CSc1ccccc1NC(=O)/C=C/c1cnc2ccccc2n1. The standard InChI is InChI=1S/C18H15N3OS/c1-23-17-9-5-4-8-16(17)21-18(22)11-10-13-12-19-14-6-2-3-7-15(14)20-13/h2-12H,1H3,(H,21,22)/b11-10+. The average Bonchev–Trinajstić information content (AvgIpc) is 2.60. The molecular formula is C18H15N3OS. The lowest BCUT2D eigenvalue weighted by Crippen LogP contribution is -2.08. The van der Waals surface area contributed by atoms with Gasteiger partial charge in [-0.2, -0.15) is 0 Å². The van der Waals surface area contributed by atoms with Gasteiger partial charge in [-0.05, 0) is 36.6 Å². The molecule has 3 aromatic rings. The second kappa shape index (κ2) is 7.07. The number of aromatic nitrogens is 2. The van der Waals surface area contributed by atoms with Crippen molar-refractivity contribution < 1.29 is 4.79 Å². The van der Waals surface area contributed by atoms with Crippen molar-refractivity contribution in [1.29, 1.82) is 0 Å². The third-order valence-corrected chi connectivity index (χ3v) is 4.03. The molecule has 0 fully saturated rings. The monoisotopic (exact) mass is 321 g/mol. The van der Waals surface area contributed by atoms with E-state index in [9.17, 15) is 4.79 Å². The molecule has 0 saturated carbocycles. The van der Waals surface area contributed by atoms with E-state index in [2.05, 4.69) is 15.3 Å². The summed E-state index contributed by atoms with van der Waals surface area (Å²) < 4.78 is 0. The number of hydrogen-bond donors (Lipinski definition) is 1. The molecule has 114 valence electrons. The van der Waals surface area contributed by atoms with E-state index in [1.165, 1.54) is 6.08 Å². The summed E-state index contributed by atoms with van der Waals surface area (Å²) in [7, 11) is 0. The summed E-state index contributed by atoms with van der Waals surface area (Å²) in [6.07, 6.45) is 6.76. The highest BCUT2D eigenvalue weighted by atomic mass is 32.2. The summed E-state index contributed by atoms with van der Waals surface area (Å²) in [5, 5.41) is 2.87. The van der Waals surface area contributed by atoms with Crippen molar-refractivity contribution in [3.05, 3.63) is 66.5 Å². The minimum absolute atomic E-state index is 0.193. The number of hydrogen-bond acceptors (Lipinski definition) is 4. The van der Waals surface area contributed by atoms with Crippen LogP contribution in [-0.2, 0) is 4.79 Å². The van der Waals surface area contributed by atoms with Crippen LogP contribution in [0, 0.1) is 0 Å². The predicted molar refractivity (Wildman–Crippen MR) is 95.4 cm³/mol. The molecule has 3 rings (SSSR count). The molecule has 0 radical (unpaired) electrons. The van der Waals surface area contributed by atoms with Crippen molar-refractivity contribution in [1.82, 2.24) is 9.97 Å². The zero-order valence-corrected chi connectivity index (χ0v) is 13.4. The number of thioether (sulfide) groups is 1. The van der Waals surface area contributed by atoms with Crippen LogP contribution >= 0.6 is 11.8 Å². The van der Waals surface area contributed by atoms with Gasteiger partial charge in [-0.1, -0.05) is 24.3 Å². The second-order valence-corrected chi connectivity index (χ2v) is 5.65. The van der Waals surface area contributed by atoms with E-state index >= 15 is 0 Å². The van der Waals surface area contributed by atoms with Crippen molar-refractivity contribution in [3.63, 3.8) is 0 Å². The number of amides is 1. The Labute approximate surface area is 138 Å². The highest BCUT2D eigenvalue weighted by molar-refractivity contribution is 7.98. The van der Waals surface area contributed by atoms with Crippen LogP contribution in [0.3, 0.4) is 0 Å². The molecule has 0 bridgehead atoms. The van der Waals surface area contributed by atoms with Gasteiger partial charge in [0.15, 0.2) is 0 Å². The number of benzene rings is 2. The smallest absolute Gasteiger partial charge is 0.248 e. The van der Waals surface area contributed by atoms with Crippen LogP contribution < -0.4 is 5.32 Å². The summed E-state index contributed by atoms with van der Waals surface area (Å²) in [5.74, 6) is -0.193. The Balaban J connectivity index is 1.74.